The van der Waals surface area contributed by atoms with Crippen LogP contribution in [0.4, 0.5) is 10.1 Å². The molecule has 2 unspecified atom stereocenters. The molecule has 1 aliphatic carbocycles. The van der Waals surface area contributed by atoms with Crippen LogP contribution in [0.5, 0.6) is 0 Å². The van der Waals surface area contributed by atoms with Crippen molar-refractivity contribution in [2.24, 2.45) is 5.92 Å². The standard InChI is InChI=1S/C16H19FN2O2/c1-9-8-12(6-7-13(9)17)19-10(2)14(20)18-16(3,15(19)21)11-4-5-11/h6-8,10-11H,4-5H2,1-3H3,(H,18,20). The lowest BCUT2D eigenvalue weighted by atomic mass is 9.89. The van der Waals surface area contributed by atoms with Crippen LogP contribution in [0, 0.1) is 18.7 Å². The van der Waals surface area contributed by atoms with Crippen LogP contribution in [-0.4, -0.2) is 23.4 Å². The Bertz CT molecular complexity index is 627. The fourth-order valence-corrected chi connectivity index (χ4v) is 3.01. The molecule has 2 amide bonds. The fraction of sp³-hybridized carbons (Fsp3) is 0.500. The molecule has 3 rings (SSSR count). The quantitative estimate of drug-likeness (QED) is 0.907. The maximum absolute atomic E-state index is 13.4. The number of nitrogens with zero attached hydrogens (tertiary/aromatic N) is 1. The maximum atomic E-state index is 13.4. The summed E-state index contributed by atoms with van der Waals surface area (Å²) < 4.78 is 13.4. The molecule has 1 N–H and O–H groups in total. The number of rotatable bonds is 2. The first kappa shape index (κ1) is 14.0. The zero-order valence-electron chi connectivity index (χ0n) is 12.4. The van der Waals surface area contributed by atoms with E-state index >= 15 is 0 Å². The summed E-state index contributed by atoms with van der Waals surface area (Å²) in [7, 11) is 0. The van der Waals surface area contributed by atoms with E-state index in [2.05, 4.69) is 5.32 Å². The molecule has 21 heavy (non-hydrogen) atoms. The van der Waals surface area contributed by atoms with Gasteiger partial charge >= 0.3 is 0 Å². The SMILES string of the molecule is Cc1cc(N2C(=O)C(C)(C3CC3)NC(=O)C2C)ccc1F. The van der Waals surface area contributed by atoms with Crippen LogP contribution in [0.15, 0.2) is 18.2 Å². The van der Waals surface area contributed by atoms with Gasteiger partial charge in [-0.2, -0.15) is 0 Å². The Morgan fingerprint density at radius 2 is 2.00 bits per heavy atom. The van der Waals surface area contributed by atoms with Crippen LogP contribution in [0.1, 0.15) is 32.3 Å². The van der Waals surface area contributed by atoms with E-state index in [-0.39, 0.29) is 23.5 Å². The summed E-state index contributed by atoms with van der Waals surface area (Å²) in [5.41, 5.74) is 0.200. The molecule has 1 aliphatic heterocycles. The molecular formula is C16H19FN2O2. The zero-order valence-corrected chi connectivity index (χ0v) is 12.4. The van der Waals surface area contributed by atoms with Crippen LogP contribution in [0.2, 0.25) is 0 Å². The number of benzene rings is 1. The van der Waals surface area contributed by atoms with E-state index in [0.29, 0.717) is 11.3 Å². The number of hydrogen-bond donors (Lipinski definition) is 1. The molecule has 0 aromatic heterocycles. The van der Waals surface area contributed by atoms with Crippen molar-refractivity contribution in [3.63, 3.8) is 0 Å². The second kappa shape index (κ2) is 4.55. The fourth-order valence-electron chi connectivity index (χ4n) is 3.01. The summed E-state index contributed by atoms with van der Waals surface area (Å²) in [4.78, 5) is 26.6. The van der Waals surface area contributed by atoms with Crippen LogP contribution in [-0.2, 0) is 9.59 Å². The smallest absolute Gasteiger partial charge is 0.253 e. The Kier molecular flexibility index (Phi) is 3.04. The van der Waals surface area contributed by atoms with Crippen LogP contribution >= 0.6 is 0 Å². The Morgan fingerprint density at radius 3 is 2.57 bits per heavy atom. The van der Waals surface area contributed by atoms with Gasteiger partial charge in [0.05, 0.1) is 0 Å². The van der Waals surface area contributed by atoms with Gasteiger partial charge in [-0.25, -0.2) is 4.39 Å². The van der Waals surface area contributed by atoms with Gasteiger partial charge in [-0.1, -0.05) is 0 Å². The van der Waals surface area contributed by atoms with Crippen molar-refractivity contribution in [1.29, 1.82) is 0 Å². The van der Waals surface area contributed by atoms with E-state index in [9.17, 15) is 14.0 Å². The lowest BCUT2D eigenvalue weighted by molar-refractivity contribution is -0.138. The largest absolute Gasteiger partial charge is 0.340 e. The van der Waals surface area contributed by atoms with Gasteiger partial charge in [-0.3, -0.25) is 14.5 Å². The number of anilines is 1. The third kappa shape index (κ3) is 2.11. The molecule has 2 fully saturated rings. The summed E-state index contributed by atoms with van der Waals surface area (Å²) in [6.07, 6.45) is 1.90. The normalized spacial score (nSPS) is 29.5. The molecule has 112 valence electrons. The van der Waals surface area contributed by atoms with Gasteiger partial charge in [0, 0.05) is 5.69 Å². The first-order valence-electron chi connectivity index (χ1n) is 7.26. The molecule has 1 aromatic rings. The average molecular weight is 290 g/mol. The topological polar surface area (TPSA) is 49.4 Å². The van der Waals surface area contributed by atoms with Gasteiger partial charge < -0.3 is 5.32 Å². The molecule has 1 aromatic carbocycles. The lowest BCUT2D eigenvalue weighted by Gasteiger charge is -2.43. The second-order valence-electron chi connectivity index (χ2n) is 6.25. The molecule has 1 saturated carbocycles. The minimum Gasteiger partial charge on any atom is -0.340 e. The van der Waals surface area contributed by atoms with Crippen molar-refractivity contribution >= 4 is 17.5 Å². The lowest BCUT2D eigenvalue weighted by Crippen LogP contribution is -2.69. The van der Waals surface area contributed by atoms with Crippen molar-refractivity contribution in [2.45, 2.75) is 45.2 Å². The summed E-state index contributed by atoms with van der Waals surface area (Å²) in [6, 6.07) is 3.93. The van der Waals surface area contributed by atoms with Gasteiger partial charge in [0.25, 0.3) is 5.91 Å². The molecule has 4 nitrogen and oxygen atoms in total. The number of halogens is 1. The van der Waals surface area contributed by atoms with Crippen molar-refractivity contribution in [3.8, 4) is 0 Å². The van der Waals surface area contributed by atoms with Crippen LogP contribution in [0.25, 0.3) is 0 Å². The van der Waals surface area contributed by atoms with E-state index in [4.69, 9.17) is 0 Å². The molecule has 5 heteroatoms. The number of carbonyl (C=O) groups is 2. The number of carbonyl (C=O) groups excluding carboxylic acids is 2. The first-order valence-corrected chi connectivity index (χ1v) is 7.26. The van der Waals surface area contributed by atoms with E-state index in [1.54, 1.807) is 32.9 Å². The third-order valence-corrected chi connectivity index (χ3v) is 4.63. The number of piperazine rings is 1. The van der Waals surface area contributed by atoms with Crippen molar-refractivity contribution in [3.05, 3.63) is 29.6 Å². The average Bonchev–Trinajstić information content (AvgIpc) is 3.26. The monoisotopic (exact) mass is 290 g/mol. The van der Waals surface area contributed by atoms with Gasteiger partial charge in [-0.05, 0) is 63.3 Å². The van der Waals surface area contributed by atoms with E-state index < -0.39 is 11.6 Å². The number of nitrogens with one attached hydrogen (secondary N) is 1. The highest BCUT2D eigenvalue weighted by molar-refractivity contribution is 6.10. The van der Waals surface area contributed by atoms with Gasteiger partial charge in [0.1, 0.15) is 17.4 Å². The van der Waals surface area contributed by atoms with E-state index in [1.807, 2.05) is 0 Å². The molecule has 0 bridgehead atoms. The Labute approximate surface area is 123 Å². The Morgan fingerprint density at radius 1 is 1.33 bits per heavy atom. The van der Waals surface area contributed by atoms with Crippen LogP contribution < -0.4 is 10.2 Å². The molecular weight excluding hydrogens is 271 g/mol. The van der Waals surface area contributed by atoms with Gasteiger partial charge in [0.2, 0.25) is 5.91 Å². The summed E-state index contributed by atoms with van der Waals surface area (Å²) in [6.45, 7) is 5.14. The molecule has 1 heterocycles. The third-order valence-electron chi connectivity index (χ3n) is 4.63. The highest BCUT2D eigenvalue weighted by Crippen LogP contribution is 2.43. The Hall–Kier alpha value is -1.91. The number of aryl methyl sites for hydroxylation is 1. The van der Waals surface area contributed by atoms with Gasteiger partial charge in [-0.15, -0.1) is 0 Å². The minimum absolute atomic E-state index is 0.108. The molecule has 2 aliphatic rings. The summed E-state index contributed by atoms with van der Waals surface area (Å²) in [5.74, 6) is -0.384. The van der Waals surface area contributed by atoms with Crippen LogP contribution in [0.3, 0.4) is 0 Å². The summed E-state index contributed by atoms with van der Waals surface area (Å²) >= 11 is 0. The predicted octanol–water partition coefficient (Wildman–Crippen LogP) is 2.15. The van der Waals surface area contributed by atoms with E-state index in [1.165, 1.54) is 11.0 Å². The van der Waals surface area contributed by atoms with Crippen molar-refractivity contribution in [2.75, 3.05) is 4.90 Å². The maximum Gasteiger partial charge on any atom is 0.253 e. The predicted molar refractivity (Wildman–Crippen MR) is 77.4 cm³/mol. The Balaban J connectivity index is 2.03. The van der Waals surface area contributed by atoms with Crippen molar-refractivity contribution < 1.29 is 14.0 Å². The number of hydrogen-bond acceptors (Lipinski definition) is 2. The van der Waals surface area contributed by atoms with Gasteiger partial charge in [0.15, 0.2) is 0 Å². The number of amides is 2. The minimum atomic E-state index is -0.841. The first-order chi connectivity index (χ1) is 9.84. The molecule has 1 saturated heterocycles. The van der Waals surface area contributed by atoms with E-state index in [0.717, 1.165) is 12.8 Å². The molecule has 0 radical (unpaired) electrons. The molecule has 0 spiro atoms. The van der Waals surface area contributed by atoms with Crippen molar-refractivity contribution in [1.82, 2.24) is 5.32 Å². The second-order valence-corrected chi connectivity index (χ2v) is 6.25. The highest BCUT2D eigenvalue weighted by Gasteiger charge is 2.54. The summed E-state index contributed by atoms with van der Waals surface area (Å²) in [5, 5.41) is 2.88. The zero-order chi connectivity index (χ0) is 15.4. The molecule has 2 atom stereocenters. The highest BCUT2D eigenvalue weighted by atomic mass is 19.1.